The van der Waals surface area contributed by atoms with Crippen LogP contribution < -0.4 is 4.72 Å². The quantitative estimate of drug-likeness (QED) is 0.567. The topological polar surface area (TPSA) is 50.5 Å². The average molecular weight is 387 g/mol. The summed E-state index contributed by atoms with van der Waals surface area (Å²) in [7, 11) is -3.17. The van der Waals surface area contributed by atoms with Gasteiger partial charge in [0.15, 0.2) is 5.69 Å². The van der Waals surface area contributed by atoms with Crippen LogP contribution in [0.5, 0.6) is 0 Å². The van der Waals surface area contributed by atoms with Gasteiger partial charge in [-0.25, -0.2) is 13.3 Å². The monoisotopic (exact) mass is 386 g/mol. The van der Waals surface area contributed by atoms with Gasteiger partial charge in [-0.1, -0.05) is 75.6 Å². The third-order valence-corrected chi connectivity index (χ3v) is 5.38. The summed E-state index contributed by atoms with van der Waals surface area (Å²) in [6.07, 6.45) is 4.82. The first kappa shape index (κ1) is 22.7. The highest BCUT2D eigenvalue weighted by molar-refractivity contribution is 7.92. The number of rotatable bonds is 8. The van der Waals surface area contributed by atoms with E-state index in [1.807, 2.05) is 55.5 Å². The number of hydrogen-bond acceptors (Lipinski definition) is 2. The van der Waals surface area contributed by atoms with Crippen molar-refractivity contribution in [3.05, 3.63) is 71.1 Å². The highest BCUT2D eigenvalue weighted by atomic mass is 32.2. The number of hydrogen-bond donors (Lipinski definition) is 1. The SMILES string of the molecule is CCCCS(=O)(=O)Nc1ccc(CC)cc1.[C-]#[N+]c1ccc(CCC)cc1. The van der Waals surface area contributed by atoms with Gasteiger partial charge in [-0.05, 0) is 37.0 Å². The maximum absolute atomic E-state index is 11.6. The fraction of sp³-hybridized carbons (Fsp3) is 0.409. The van der Waals surface area contributed by atoms with Gasteiger partial charge < -0.3 is 0 Å². The van der Waals surface area contributed by atoms with Crippen molar-refractivity contribution >= 4 is 21.4 Å². The molecule has 0 atom stereocenters. The molecule has 0 aromatic heterocycles. The third-order valence-electron chi connectivity index (χ3n) is 4.01. The smallest absolute Gasteiger partial charge is 0.232 e. The van der Waals surface area contributed by atoms with Gasteiger partial charge in [0.25, 0.3) is 0 Å². The Morgan fingerprint density at radius 1 is 0.889 bits per heavy atom. The van der Waals surface area contributed by atoms with Gasteiger partial charge in [0, 0.05) is 5.69 Å². The van der Waals surface area contributed by atoms with Crippen molar-refractivity contribution in [2.45, 2.75) is 52.9 Å². The van der Waals surface area contributed by atoms with Crippen LogP contribution in [0.2, 0.25) is 0 Å². The minimum Gasteiger partial charge on any atom is -0.284 e. The van der Waals surface area contributed by atoms with Crippen LogP contribution in [-0.2, 0) is 22.9 Å². The molecule has 0 aliphatic rings. The maximum Gasteiger partial charge on any atom is 0.232 e. The van der Waals surface area contributed by atoms with E-state index in [0.29, 0.717) is 12.1 Å². The Hall–Kier alpha value is -2.32. The summed E-state index contributed by atoms with van der Waals surface area (Å²) < 4.78 is 25.8. The molecule has 0 amide bonds. The number of benzene rings is 2. The second kappa shape index (κ2) is 12.1. The van der Waals surface area contributed by atoms with Gasteiger partial charge in [-0.3, -0.25) is 4.72 Å². The molecule has 0 spiro atoms. The molecule has 0 aliphatic carbocycles. The van der Waals surface area contributed by atoms with E-state index >= 15 is 0 Å². The molecule has 0 unspecified atom stereocenters. The van der Waals surface area contributed by atoms with Crippen molar-refractivity contribution < 1.29 is 8.42 Å². The second-order valence-electron chi connectivity index (χ2n) is 6.35. The van der Waals surface area contributed by atoms with E-state index in [4.69, 9.17) is 6.57 Å². The number of aryl methyl sites for hydroxylation is 2. The van der Waals surface area contributed by atoms with Crippen LogP contribution in [-0.4, -0.2) is 14.2 Å². The van der Waals surface area contributed by atoms with Crippen LogP contribution in [0, 0.1) is 6.57 Å². The molecule has 0 saturated heterocycles. The van der Waals surface area contributed by atoms with Crippen molar-refractivity contribution in [3.63, 3.8) is 0 Å². The molecule has 5 heteroatoms. The van der Waals surface area contributed by atoms with Crippen molar-refractivity contribution in [1.29, 1.82) is 0 Å². The second-order valence-corrected chi connectivity index (χ2v) is 8.20. The van der Waals surface area contributed by atoms with Gasteiger partial charge in [0.2, 0.25) is 10.0 Å². The molecule has 0 saturated carbocycles. The zero-order valence-electron chi connectivity index (χ0n) is 16.5. The number of nitrogens with one attached hydrogen (secondary N) is 1. The van der Waals surface area contributed by atoms with Gasteiger partial charge in [0.05, 0.1) is 12.3 Å². The molecule has 2 aromatic carbocycles. The van der Waals surface area contributed by atoms with E-state index < -0.39 is 10.0 Å². The molecule has 1 N–H and O–H groups in total. The Labute approximate surface area is 164 Å². The largest absolute Gasteiger partial charge is 0.284 e. The van der Waals surface area contributed by atoms with Crippen molar-refractivity contribution in [3.8, 4) is 0 Å². The lowest BCUT2D eigenvalue weighted by molar-refractivity contribution is 0.598. The fourth-order valence-electron chi connectivity index (χ4n) is 2.40. The molecule has 0 radical (unpaired) electrons. The van der Waals surface area contributed by atoms with Gasteiger partial charge in [-0.2, -0.15) is 0 Å². The Morgan fingerprint density at radius 3 is 1.96 bits per heavy atom. The van der Waals surface area contributed by atoms with E-state index in [2.05, 4.69) is 23.4 Å². The summed E-state index contributed by atoms with van der Waals surface area (Å²) in [5.74, 6) is 0.193. The molecule has 27 heavy (non-hydrogen) atoms. The first-order chi connectivity index (χ1) is 12.9. The van der Waals surface area contributed by atoms with Crippen LogP contribution in [0.1, 0.15) is 51.2 Å². The zero-order valence-corrected chi connectivity index (χ0v) is 17.3. The predicted octanol–water partition coefficient (Wildman–Crippen LogP) is 5.98. The van der Waals surface area contributed by atoms with Crippen molar-refractivity contribution in [2.75, 3.05) is 10.5 Å². The molecule has 2 aromatic rings. The van der Waals surface area contributed by atoms with Crippen LogP contribution in [0.25, 0.3) is 4.85 Å². The predicted molar refractivity (Wildman–Crippen MR) is 115 cm³/mol. The Bertz CT molecular complexity index is 805. The number of sulfonamides is 1. The van der Waals surface area contributed by atoms with Gasteiger partial charge >= 0.3 is 0 Å². The summed E-state index contributed by atoms with van der Waals surface area (Å²) in [5.41, 5.74) is 3.90. The van der Waals surface area contributed by atoms with Gasteiger partial charge in [0.1, 0.15) is 0 Å². The van der Waals surface area contributed by atoms with Gasteiger partial charge in [-0.15, -0.1) is 0 Å². The van der Waals surface area contributed by atoms with E-state index in [-0.39, 0.29) is 5.75 Å². The molecule has 0 aliphatic heterocycles. The summed E-state index contributed by atoms with van der Waals surface area (Å²) >= 11 is 0. The normalized spacial score (nSPS) is 10.4. The molecule has 4 nitrogen and oxygen atoms in total. The van der Waals surface area contributed by atoms with Crippen LogP contribution in [0.4, 0.5) is 11.4 Å². The molecular weight excluding hydrogens is 356 g/mol. The van der Waals surface area contributed by atoms with Crippen LogP contribution in [0.15, 0.2) is 48.5 Å². The van der Waals surface area contributed by atoms with Crippen molar-refractivity contribution in [2.24, 2.45) is 0 Å². The molecule has 146 valence electrons. The number of anilines is 1. The minimum atomic E-state index is -3.17. The lowest BCUT2D eigenvalue weighted by atomic mass is 10.1. The third kappa shape index (κ3) is 9.25. The molecule has 0 fully saturated rings. The molecule has 2 rings (SSSR count). The highest BCUT2D eigenvalue weighted by Gasteiger charge is 2.08. The minimum absolute atomic E-state index is 0.193. The Balaban J connectivity index is 0.000000289. The van der Waals surface area contributed by atoms with E-state index in [1.54, 1.807) is 0 Å². The van der Waals surface area contributed by atoms with E-state index in [0.717, 1.165) is 31.4 Å². The first-order valence-electron chi connectivity index (χ1n) is 9.49. The molecular formula is C22H30N2O2S. The fourth-order valence-corrected chi connectivity index (χ4v) is 3.67. The summed E-state index contributed by atoms with van der Waals surface area (Å²) in [5, 5.41) is 0. The van der Waals surface area contributed by atoms with E-state index in [1.165, 1.54) is 11.1 Å². The molecule has 0 bridgehead atoms. The number of nitrogens with zero attached hydrogens (tertiary/aromatic N) is 1. The van der Waals surface area contributed by atoms with Crippen molar-refractivity contribution in [1.82, 2.24) is 0 Å². The number of unbranched alkanes of at least 4 members (excludes halogenated alkanes) is 1. The lowest BCUT2D eigenvalue weighted by Gasteiger charge is -2.07. The lowest BCUT2D eigenvalue weighted by Crippen LogP contribution is -2.16. The Kier molecular flexibility index (Phi) is 10.2. The highest BCUT2D eigenvalue weighted by Crippen LogP contribution is 2.13. The summed E-state index contributed by atoms with van der Waals surface area (Å²) in [6, 6.07) is 15.3. The standard InChI is InChI=1S/C12H19NO2S.C10H11N/c1-3-5-10-16(14,15)13-12-8-6-11(4-2)7-9-12;1-3-4-9-5-7-10(11-2)8-6-9/h6-9,13H,3-5,10H2,1-2H3;5-8H,3-4H2,1H3. The average Bonchev–Trinajstić information content (AvgIpc) is 2.68. The molecule has 0 heterocycles. The maximum atomic E-state index is 11.6. The Morgan fingerprint density at radius 2 is 1.48 bits per heavy atom. The van der Waals surface area contributed by atoms with Crippen LogP contribution in [0.3, 0.4) is 0 Å². The first-order valence-corrected chi connectivity index (χ1v) is 11.1. The summed E-state index contributed by atoms with van der Waals surface area (Å²) in [4.78, 5) is 3.32. The van der Waals surface area contributed by atoms with E-state index in [9.17, 15) is 8.42 Å². The zero-order chi connectivity index (χ0) is 20.1. The van der Waals surface area contributed by atoms with Crippen LogP contribution >= 0.6 is 0 Å². The summed E-state index contributed by atoms with van der Waals surface area (Å²) in [6.45, 7) is 12.9.